The van der Waals surface area contributed by atoms with Crippen molar-refractivity contribution in [3.05, 3.63) is 0 Å². The van der Waals surface area contributed by atoms with E-state index < -0.39 is 81.1 Å². The minimum atomic E-state index is -5.39. The average Bonchev–Trinajstić information content (AvgIpc) is 2.64. The van der Waals surface area contributed by atoms with Gasteiger partial charge >= 0.3 is 154 Å². The summed E-state index contributed by atoms with van der Waals surface area (Å²) in [5, 5.41) is 108. The van der Waals surface area contributed by atoms with E-state index in [0.717, 1.165) is 0 Å². The van der Waals surface area contributed by atoms with Crippen LogP contribution in [0.1, 0.15) is 0 Å². The van der Waals surface area contributed by atoms with Crippen molar-refractivity contribution >= 4 is 7.82 Å². The molecule has 2 fully saturated rings. The molecular formula is C12H24K3O16P. The van der Waals surface area contributed by atoms with Crippen molar-refractivity contribution in [2.24, 2.45) is 0 Å². The minimum Gasteiger partial charge on any atom is -0.822 e. The van der Waals surface area contributed by atoms with Gasteiger partial charge in [-0.25, -0.2) is 0 Å². The van der Waals surface area contributed by atoms with Gasteiger partial charge in [-0.15, -0.1) is 0 Å². The first-order valence-electron chi connectivity index (χ1n) is 7.83. The molecule has 20 heteroatoms. The Morgan fingerprint density at radius 3 is 0.406 bits per heavy atom. The van der Waals surface area contributed by atoms with E-state index >= 15 is 0 Å². The molecule has 32 heavy (non-hydrogen) atoms. The molecule has 0 aliphatic heterocycles. The first kappa shape index (κ1) is 43.6. The van der Waals surface area contributed by atoms with Crippen LogP contribution in [0, 0.1) is 0 Å². The number of phosphoric acid groups is 1. The zero-order chi connectivity index (χ0) is 23.4. The van der Waals surface area contributed by atoms with Crippen LogP contribution < -0.4 is 169 Å². The van der Waals surface area contributed by atoms with E-state index in [1.165, 1.54) is 0 Å². The van der Waals surface area contributed by atoms with Gasteiger partial charge in [0.25, 0.3) is 0 Å². The fourth-order valence-corrected chi connectivity index (χ4v) is 2.42. The van der Waals surface area contributed by atoms with Gasteiger partial charge in [0, 0.05) is 0 Å². The van der Waals surface area contributed by atoms with Crippen molar-refractivity contribution in [1.82, 2.24) is 0 Å². The summed E-state index contributed by atoms with van der Waals surface area (Å²) in [6.45, 7) is 0. The second-order valence-electron chi connectivity index (χ2n) is 6.33. The molecule has 0 amide bonds. The third-order valence-corrected chi connectivity index (χ3v) is 4.20. The Morgan fingerprint density at radius 2 is 0.375 bits per heavy atom. The first-order valence-corrected chi connectivity index (χ1v) is 9.29. The molecule has 0 radical (unpaired) electrons. The normalized spacial score (nSPS) is 43.5. The minimum absolute atomic E-state index is 0. The molecule has 2 saturated carbocycles. The van der Waals surface area contributed by atoms with Crippen LogP contribution in [0.15, 0.2) is 0 Å². The van der Waals surface area contributed by atoms with Gasteiger partial charge in [0.2, 0.25) is 0 Å². The number of hydrogen-bond acceptors (Lipinski definition) is 16. The Balaban J connectivity index is -0.000000189. The second-order valence-corrected chi connectivity index (χ2v) is 7.23. The molecule has 0 heterocycles. The fourth-order valence-electron chi connectivity index (χ4n) is 2.42. The van der Waals surface area contributed by atoms with E-state index in [0.29, 0.717) is 0 Å². The van der Waals surface area contributed by atoms with E-state index in [2.05, 4.69) is 0 Å². The van der Waals surface area contributed by atoms with Crippen LogP contribution >= 0.6 is 7.82 Å². The van der Waals surface area contributed by atoms with Crippen LogP contribution in [-0.2, 0) is 4.57 Å². The molecule has 176 valence electrons. The van der Waals surface area contributed by atoms with Crippen LogP contribution in [0.3, 0.4) is 0 Å². The van der Waals surface area contributed by atoms with Crippen molar-refractivity contribution < 1.29 is 235 Å². The van der Waals surface area contributed by atoms with Gasteiger partial charge in [-0.2, -0.15) is 7.82 Å². The molecule has 0 spiro atoms. The zero-order valence-electron chi connectivity index (χ0n) is 17.4. The van der Waals surface area contributed by atoms with Crippen LogP contribution in [0.25, 0.3) is 0 Å². The maximum absolute atomic E-state index is 8.97. The standard InChI is InChI=1S/2C6H12O6.3K.H3O4P/c2*7-1-2(8)4(10)6(12)5(11)3(1)9;;;;1-5(2,3)4/h2*1-12H;;;;(H3,1,2,3,4)/q;;3*+1;/p-3/t2*1-,2-,3-,4+,5-,6-;;;;. The van der Waals surface area contributed by atoms with E-state index in [9.17, 15) is 0 Å². The maximum atomic E-state index is 8.97. The van der Waals surface area contributed by atoms with E-state index in [-0.39, 0.29) is 154 Å². The summed E-state index contributed by atoms with van der Waals surface area (Å²) in [7, 11) is -5.39. The number of aliphatic hydroxyl groups is 12. The van der Waals surface area contributed by atoms with Gasteiger partial charge < -0.3 is 80.5 Å². The molecular weight excluding hydrogens is 548 g/mol. The third kappa shape index (κ3) is 14.1. The molecule has 2 aliphatic rings. The predicted molar refractivity (Wildman–Crippen MR) is 79.7 cm³/mol. The molecule has 2 aliphatic carbocycles. The Bertz CT molecular complexity index is 383. The van der Waals surface area contributed by atoms with Crippen molar-refractivity contribution in [2.45, 2.75) is 73.2 Å². The average molecular weight is 573 g/mol. The molecule has 0 aromatic carbocycles. The van der Waals surface area contributed by atoms with Gasteiger partial charge in [0.15, 0.2) is 0 Å². The van der Waals surface area contributed by atoms with Crippen LogP contribution in [0.4, 0.5) is 0 Å². The molecule has 0 unspecified atom stereocenters. The van der Waals surface area contributed by atoms with Gasteiger partial charge in [0.05, 0.1) is 0 Å². The Labute approximate surface area is 309 Å². The predicted octanol–water partition coefficient (Wildman–Crippen LogP) is -19.5. The molecule has 0 bridgehead atoms. The topological polar surface area (TPSA) is 329 Å². The number of aliphatic hydroxyl groups excluding tert-OH is 12. The Hall–Kier alpha value is 4.54. The van der Waals surface area contributed by atoms with Gasteiger partial charge in [0.1, 0.15) is 73.2 Å². The summed E-state index contributed by atoms with van der Waals surface area (Å²) in [6, 6.07) is 0. The third-order valence-electron chi connectivity index (χ3n) is 4.20. The Morgan fingerprint density at radius 1 is 0.344 bits per heavy atom. The van der Waals surface area contributed by atoms with Crippen molar-refractivity contribution in [3.63, 3.8) is 0 Å². The maximum Gasteiger partial charge on any atom is 1.00 e. The van der Waals surface area contributed by atoms with Gasteiger partial charge in [-0.1, -0.05) is 0 Å². The number of hydrogen-bond donors (Lipinski definition) is 12. The molecule has 0 saturated heterocycles. The van der Waals surface area contributed by atoms with Crippen LogP contribution in [0.2, 0.25) is 0 Å². The zero-order valence-corrected chi connectivity index (χ0v) is 27.6. The van der Waals surface area contributed by atoms with Crippen molar-refractivity contribution in [1.29, 1.82) is 0 Å². The molecule has 12 N–H and O–H groups in total. The molecule has 0 atom stereocenters. The monoisotopic (exact) mass is 572 g/mol. The molecule has 2 rings (SSSR count). The largest absolute Gasteiger partial charge is 1.00 e. The Kier molecular flexibility index (Phi) is 26.7. The first-order chi connectivity index (χ1) is 12.9. The van der Waals surface area contributed by atoms with Crippen LogP contribution in [-0.4, -0.2) is 135 Å². The fraction of sp³-hybridized carbons (Fsp3) is 1.00. The van der Waals surface area contributed by atoms with Gasteiger partial charge in [-0.3, -0.25) is 0 Å². The van der Waals surface area contributed by atoms with E-state index in [1.54, 1.807) is 0 Å². The smallest absolute Gasteiger partial charge is 0.822 e. The number of rotatable bonds is 0. The molecule has 0 aromatic heterocycles. The summed E-state index contributed by atoms with van der Waals surface area (Å²) in [5.74, 6) is 0. The van der Waals surface area contributed by atoms with Crippen molar-refractivity contribution in [3.8, 4) is 0 Å². The molecule has 0 aromatic rings. The van der Waals surface area contributed by atoms with E-state index in [1.807, 2.05) is 0 Å². The van der Waals surface area contributed by atoms with E-state index in [4.69, 9.17) is 80.5 Å². The van der Waals surface area contributed by atoms with Crippen LogP contribution in [0.5, 0.6) is 0 Å². The SMILES string of the molecule is O=P([O-])([O-])[O-].O[C@H]1[C@H](O)[C@@H](O)[C@H](O)[C@@H](O)[C@H]1O.O[C@H]1[C@H](O)[C@@H](O)[C@H](O)[C@@H](O)[C@H]1O.[K+].[K+].[K+]. The van der Waals surface area contributed by atoms with Crippen molar-refractivity contribution in [2.75, 3.05) is 0 Å². The summed E-state index contributed by atoms with van der Waals surface area (Å²) >= 11 is 0. The summed E-state index contributed by atoms with van der Waals surface area (Å²) in [5.41, 5.74) is 0. The summed E-state index contributed by atoms with van der Waals surface area (Å²) in [6.07, 6.45) is -19.7. The van der Waals surface area contributed by atoms with Gasteiger partial charge in [-0.05, 0) is 0 Å². The quantitative estimate of drug-likeness (QED) is 0.0946. The molecule has 16 nitrogen and oxygen atoms in total. The second kappa shape index (κ2) is 19.6. The summed E-state index contributed by atoms with van der Waals surface area (Å²) in [4.78, 5) is 25.6. The summed E-state index contributed by atoms with van der Waals surface area (Å²) < 4.78 is 8.55.